The molecular formula is C7H6ClO. The third kappa shape index (κ3) is 1.70. The van der Waals surface area contributed by atoms with Crippen LogP contribution in [-0.2, 0) is 0 Å². The van der Waals surface area contributed by atoms with Gasteiger partial charge >= 0.3 is 0 Å². The van der Waals surface area contributed by atoms with Gasteiger partial charge in [-0.15, -0.1) is 0 Å². The van der Waals surface area contributed by atoms with E-state index in [1.54, 1.807) is 24.3 Å². The molecule has 1 N–H and O–H groups in total. The molecule has 1 nitrogen and oxygen atoms in total. The highest BCUT2D eigenvalue weighted by Gasteiger charge is 1.89. The molecule has 1 radical (unpaired) electrons. The molecule has 0 fully saturated rings. The normalized spacial score (nSPS) is 9.56. The van der Waals surface area contributed by atoms with Gasteiger partial charge in [-0.1, -0.05) is 23.7 Å². The largest absolute Gasteiger partial charge is 0.385 e. The van der Waals surface area contributed by atoms with E-state index in [-0.39, 0.29) is 0 Å². The van der Waals surface area contributed by atoms with Crippen molar-refractivity contribution in [3.63, 3.8) is 0 Å². The zero-order valence-corrected chi connectivity index (χ0v) is 5.47. The fourth-order valence-corrected chi connectivity index (χ4v) is 0.786. The van der Waals surface area contributed by atoms with E-state index in [1.807, 2.05) is 0 Å². The monoisotopic (exact) mass is 141 g/mol. The minimum absolute atomic E-state index is 0.637. The van der Waals surface area contributed by atoms with Gasteiger partial charge in [0, 0.05) is 5.02 Å². The van der Waals surface area contributed by atoms with Crippen LogP contribution in [0.25, 0.3) is 0 Å². The van der Waals surface area contributed by atoms with Crippen molar-refractivity contribution >= 4 is 11.6 Å². The number of rotatable bonds is 1. The molecule has 0 unspecified atom stereocenters. The number of hydrogen-bond acceptors (Lipinski definition) is 1. The van der Waals surface area contributed by atoms with E-state index >= 15 is 0 Å². The van der Waals surface area contributed by atoms with Gasteiger partial charge in [0.25, 0.3) is 0 Å². The van der Waals surface area contributed by atoms with Crippen molar-refractivity contribution in [2.24, 2.45) is 0 Å². The van der Waals surface area contributed by atoms with Crippen molar-refractivity contribution in [2.75, 3.05) is 0 Å². The van der Waals surface area contributed by atoms with Gasteiger partial charge in [0.05, 0.1) is 0 Å². The topological polar surface area (TPSA) is 20.2 Å². The molecule has 0 heterocycles. The third-order valence-corrected chi connectivity index (χ3v) is 1.23. The van der Waals surface area contributed by atoms with E-state index in [0.29, 0.717) is 5.02 Å². The molecule has 0 amide bonds. The maximum atomic E-state index is 8.48. The highest BCUT2D eigenvalue weighted by atomic mass is 35.5. The summed E-state index contributed by atoms with van der Waals surface area (Å²) >= 11 is 5.59. The van der Waals surface area contributed by atoms with Crippen LogP contribution in [0.3, 0.4) is 0 Å². The Hall–Kier alpha value is -0.530. The molecule has 0 aliphatic heterocycles. The molecule has 0 aromatic heterocycles. The summed E-state index contributed by atoms with van der Waals surface area (Å²) in [4.78, 5) is 0. The van der Waals surface area contributed by atoms with Crippen LogP contribution in [0.4, 0.5) is 0 Å². The first-order valence-corrected chi connectivity index (χ1v) is 2.94. The number of benzene rings is 1. The Balaban J connectivity index is 2.94. The Morgan fingerprint density at radius 3 is 2.67 bits per heavy atom. The van der Waals surface area contributed by atoms with Gasteiger partial charge in [-0.25, -0.2) is 0 Å². The number of aliphatic hydroxyl groups is 1. The molecule has 47 valence electrons. The predicted molar refractivity (Wildman–Crippen MR) is 36.8 cm³/mol. The van der Waals surface area contributed by atoms with E-state index in [9.17, 15) is 0 Å². The molecule has 9 heavy (non-hydrogen) atoms. The fourth-order valence-electron chi connectivity index (χ4n) is 0.587. The molecular weight excluding hydrogens is 136 g/mol. The first-order chi connectivity index (χ1) is 4.33. The van der Waals surface area contributed by atoms with E-state index in [4.69, 9.17) is 16.7 Å². The molecule has 0 bridgehead atoms. The minimum atomic E-state index is 0.637. The Labute approximate surface area is 58.9 Å². The SMILES string of the molecule is O[CH]c1cccc(Cl)c1. The zero-order chi connectivity index (χ0) is 6.69. The lowest BCUT2D eigenvalue weighted by molar-refractivity contribution is 0.415. The van der Waals surface area contributed by atoms with Crippen LogP contribution < -0.4 is 0 Å². The standard InChI is InChI=1S/C7H6ClO/c8-7-3-1-2-6(4-7)5-9/h1-5,9H. The smallest absolute Gasteiger partial charge is 0.109 e. The summed E-state index contributed by atoms with van der Waals surface area (Å²) in [5.41, 5.74) is 0.725. The first-order valence-electron chi connectivity index (χ1n) is 2.56. The van der Waals surface area contributed by atoms with E-state index in [1.165, 1.54) is 0 Å². The third-order valence-electron chi connectivity index (χ3n) is 0.998. The summed E-state index contributed by atoms with van der Waals surface area (Å²) in [5, 5.41) is 9.12. The van der Waals surface area contributed by atoms with Crippen LogP contribution in [0.15, 0.2) is 24.3 Å². The average Bonchev–Trinajstić information content (AvgIpc) is 1.88. The van der Waals surface area contributed by atoms with Crippen molar-refractivity contribution in [2.45, 2.75) is 0 Å². The molecule has 0 saturated carbocycles. The van der Waals surface area contributed by atoms with Gasteiger partial charge in [0.2, 0.25) is 0 Å². The summed E-state index contributed by atoms with van der Waals surface area (Å²) in [7, 11) is 0. The molecule has 0 spiro atoms. The van der Waals surface area contributed by atoms with Gasteiger partial charge < -0.3 is 5.11 Å². The molecule has 2 heteroatoms. The second kappa shape index (κ2) is 2.85. The van der Waals surface area contributed by atoms with Crippen molar-refractivity contribution in [3.05, 3.63) is 41.5 Å². The molecule has 1 aromatic rings. The van der Waals surface area contributed by atoms with Crippen LogP contribution in [-0.4, -0.2) is 5.11 Å². The average molecular weight is 142 g/mol. The number of aliphatic hydroxyl groups excluding tert-OH is 1. The summed E-state index contributed by atoms with van der Waals surface area (Å²) < 4.78 is 0. The first kappa shape index (κ1) is 6.59. The second-order valence-electron chi connectivity index (χ2n) is 1.68. The van der Waals surface area contributed by atoms with Gasteiger partial charge in [-0.3, -0.25) is 0 Å². The van der Waals surface area contributed by atoms with Gasteiger partial charge in [-0.2, -0.15) is 0 Å². The molecule has 0 atom stereocenters. The molecule has 0 saturated heterocycles. The Morgan fingerprint density at radius 2 is 2.22 bits per heavy atom. The van der Waals surface area contributed by atoms with Crippen LogP contribution >= 0.6 is 11.6 Å². The highest BCUT2D eigenvalue weighted by Crippen LogP contribution is 2.10. The van der Waals surface area contributed by atoms with Crippen molar-refractivity contribution in [1.82, 2.24) is 0 Å². The molecule has 1 aromatic carbocycles. The van der Waals surface area contributed by atoms with Gasteiger partial charge in [0.1, 0.15) is 6.61 Å². The summed E-state index contributed by atoms with van der Waals surface area (Å²) in [6.45, 7) is 1.02. The predicted octanol–water partition coefficient (Wildman–Crippen LogP) is 2.22. The van der Waals surface area contributed by atoms with Gasteiger partial charge in [-0.05, 0) is 17.7 Å². The summed E-state index contributed by atoms with van der Waals surface area (Å²) in [6, 6.07) is 6.99. The maximum absolute atomic E-state index is 8.48. The van der Waals surface area contributed by atoms with Crippen molar-refractivity contribution < 1.29 is 5.11 Å². The van der Waals surface area contributed by atoms with Crippen LogP contribution in [0, 0.1) is 6.61 Å². The van der Waals surface area contributed by atoms with Crippen LogP contribution in [0.1, 0.15) is 5.56 Å². The molecule has 1 rings (SSSR count). The summed E-state index contributed by atoms with van der Waals surface area (Å²) in [6.07, 6.45) is 0. The minimum Gasteiger partial charge on any atom is -0.385 e. The van der Waals surface area contributed by atoms with Crippen LogP contribution in [0.2, 0.25) is 5.02 Å². The number of hydrogen-bond donors (Lipinski definition) is 1. The molecule has 0 aliphatic carbocycles. The maximum Gasteiger partial charge on any atom is 0.109 e. The van der Waals surface area contributed by atoms with Crippen molar-refractivity contribution in [3.8, 4) is 0 Å². The Morgan fingerprint density at radius 1 is 1.44 bits per heavy atom. The second-order valence-corrected chi connectivity index (χ2v) is 2.12. The Bertz CT molecular complexity index is 198. The summed E-state index contributed by atoms with van der Waals surface area (Å²) in [5.74, 6) is 0. The van der Waals surface area contributed by atoms with Crippen molar-refractivity contribution in [1.29, 1.82) is 0 Å². The zero-order valence-electron chi connectivity index (χ0n) is 4.71. The Kier molecular flexibility index (Phi) is 2.09. The lowest BCUT2D eigenvalue weighted by Gasteiger charge is -1.92. The quantitative estimate of drug-likeness (QED) is 0.636. The van der Waals surface area contributed by atoms with Crippen LogP contribution in [0.5, 0.6) is 0 Å². The molecule has 0 aliphatic rings. The highest BCUT2D eigenvalue weighted by molar-refractivity contribution is 6.30. The van der Waals surface area contributed by atoms with E-state index < -0.39 is 0 Å². The lowest BCUT2D eigenvalue weighted by atomic mass is 10.2. The number of halogens is 1. The fraction of sp³-hybridized carbons (Fsp3) is 0. The lowest BCUT2D eigenvalue weighted by Crippen LogP contribution is -1.76. The van der Waals surface area contributed by atoms with E-state index in [0.717, 1.165) is 12.2 Å². The van der Waals surface area contributed by atoms with Gasteiger partial charge in [0.15, 0.2) is 0 Å². The van der Waals surface area contributed by atoms with E-state index in [2.05, 4.69) is 0 Å².